The highest BCUT2D eigenvalue weighted by atomic mass is 79.9. The van der Waals surface area contributed by atoms with Crippen molar-refractivity contribution < 1.29 is 22.9 Å². The Morgan fingerprint density at radius 2 is 2.11 bits per heavy atom. The number of nitrogens with one attached hydrogen (secondary N) is 1. The minimum absolute atomic E-state index is 0.193. The number of nitro benzene ring substituents is 1. The van der Waals surface area contributed by atoms with Crippen LogP contribution in [0.3, 0.4) is 0 Å². The van der Waals surface area contributed by atoms with E-state index in [0.717, 1.165) is 0 Å². The number of alkyl halides is 3. The van der Waals surface area contributed by atoms with Crippen LogP contribution in [-0.2, 0) is 11.4 Å². The zero-order valence-corrected chi connectivity index (χ0v) is 10.4. The molecule has 9 heteroatoms. The lowest BCUT2D eigenvalue weighted by molar-refractivity contribution is -0.385. The minimum Gasteiger partial charge on any atom is -0.292 e. The van der Waals surface area contributed by atoms with Gasteiger partial charge in [0.2, 0.25) is 0 Å². The molecule has 1 rings (SSSR count). The summed E-state index contributed by atoms with van der Waals surface area (Å²) >= 11 is 3.11. The van der Waals surface area contributed by atoms with Crippen LogP contribution in [0.2, 0.25) is 0 Å². The maximum atomic E-state index is 11.8. The Balaban J connectivity index is 2.61. The summed E-state index contributed by atoms with van der Waals surface area (Å²) in [6.07, 6.45) is -4.45. The molecule has 0 fully saturated rings. The predicted molar refractivity (Wildman–Crippen MR) is 59.6 cm³/mol. The van der Waals surface area contributed by atoms with E-state index in [-0.39, 0.29) is 17.8 Å². The summed E-state index contributed by atoms with van der Waals surface area (Å²) < 4.78 is 35.9. The highest BCUT2D eigenvalue weighted by molar-refractivity contribution is 9.10. The number of benzene rings is 1. The van der Waals surface area contributed by atoms with Gasteiger partial charge in [0.25, 0.3) is 5.69 Å². The van der Waals surface area contributed by atoms with Gasteiger partial charge in [0.15, 0.2) is 6.61 Å². The van der Waals surface area contributed by atoms with Gasteiger partial charge in [-0.25, -0.2) is 0 Å². The largest absolute Gasteiger partial charge is 0.413 e. The topological polar surface area (TPSA) is 64.4 Å². The van der Waals surface area contributed by atoms with Crippen LogP contribution < -0.4 is 5.48 Å². The van der Waals surface area contributed by atoms with Crippen LogP contribution in [-0.4, -0.2) is 17.7 Å². The van der Waals surface area contributed by atoms with Gasteiger partial charge < -0.3 is 0 Å². The molecule has 0 radical (unpaired) electrons. The monoisotopic (exact) mass is 328 g/mol. The molecular formula is C9H8BrF3N2O3. The Morgan fingerprint density at radius 1 is 1.44 bits per heavy atom. The standard InChI is InChI=1S/C9H8BrF3N2O3/c10-7-1-2-8(15(16)17)6(3-7)4-14-18-5-9(11,12)13/h1-3,14H,4-5H2. The molecule has 0 amide bonds. The highest BCUT2D eigenvalue weighted by Gasteiger charge is 2.27. The van der Waals surface area contributed by atoms with Gasteiger partial charge in [-0.15, -0.1) is 0 Å². The third kappa shape index (κ3) is 4.98. The van der Waals surface area contributed by atoms with E-state index in [1.54, 1.807) is 0 Å². The number of nitro groups is 1. The summed E-state index contributed by atoms with van der Waals surface area (Å²) in [5, 5.41) is 10.7. The first-order valence-corrected chi connectivity index (χ1v) is 5.43. The molecule has 0 saturated heterocycles. The van der Waals surface area contributed by atoms with E-state index in [4.69, 9.17) is 0 Å². The van der Waals surface area contributed by atoms with E-state index < -0.39 is 17.7 Å². The van der Waals surface area contributed by atoms with Crippen molar-refractivity contribution in [2.24, 2.45) is 0 Å². The molecule has 18 heavy (non-hydrogen) atoms. The van der Waals surface area contributed by atoms with Crippen LogP contribution in [0, 0.1) is 10.1 Å². The van der Waals surface area contributed by atoms with Crippen molar-refractivity contribution in [3.63, 3.8) is 0 Å². The quantitative estimate of drug-likeness (QED) is 0.512. The number of hydroxylamine groups is 1. The summed E-state index contributed by atoms with van der Waals surface area (Å²) in [6.45, 7) is -1.67. The molecule has 100 valence electrons. The lowest BCUT2D eigenvalue weighted by Gasteiger charge is -2.09. The van der Waals surface area contributed by atoms with Crippen molar-refractivity contribution in [2.75, 3.05) is 6.61 Å². The van der Waals surface area contributed by atoms with E-state index in [0.29, 0.717) is 4.47 Å². The number of hydrogen-bond donors (Lipinski definition) is 1. The Morgan fingerprint density at radius 3 is 2.67 bits per heavy atom. The van der Waals surface area contributed by atoms with Gasteiger partial charge in [0.05, 0.1) is 11.5 Å². The summed E-state index contributed by atoms with van der Waals surface area (Å²) in [5.41, 5.74) is 2.06. The molecule has 0 saturated carbocycles. The smallest absolute Gasteiger partial charge is 0.292 e. The van der Waals surface area contributed by atoms with Crippen molar-refractivity contribution in [3.8, 4) is 0 Å². The minimum atomic E-state index is -4.45. The molecule has 0 aliphatic rings. The van der Waals surface area contributed by atoms with Crippen LogP contribution in [0.15, 0.2) is 22.7 Å². The number of rotatable bonds is 5. The summed E-state index contributed by atoms with van der Waals surface area (Å²) in [7, 11) is 0. The van der Waals surface area contributed by atoms with Gasteiger partial charge >= 0.3 is 6.18 Å². The average molecular weight is 329 g/mol. The molecule has 5 nitrogen and oxygen atoms in total. The van der Waals surface area contributed by atoms with Gasteiger partial charge in [-0.2, -0.15) is 18.7 Å². The molecular weight excluding hydrogens is 321 g/mol. The number of hydrogen-bond acceptors (Lipinski definition) is 4. The van der Waals surface area contributed by atoms with Crippen molar-refractivity contribution >= 4 is 21.6 Å². The van der Waals surface area contributed by atoms with Crippen molar-refractivity contribution in [3.05, 3.63) is 38.3 Å². The summed E-state index contributed by atoms with van der Waals surface area (Å²) in [4.78, 5) is 14.2. The van der Waals surface area contributed by atoms with Crippen molar-refractivity contribution in [1.82, 2.24) is 5.48 Å². The predicted octanol–water partition coefficient (Wildman–Crippen LogP) is 2.94. The molecule has 0 heterocycles. The first kappa shape index (κ1) is 14.9. The normalized spacial score (nSPS) is 11.6. The second-order valence-corrected chi connectivity index (χ2v) is 4.17. The van der Waals surface area contributed by atoms with Gasteiger partial charge in [-0.3, -0.25) is 15.0 Å². The Kier molecular flexibility index (Phi) is 5.05. The molecule has 0 atom stereocenters. The van der Waals surface area contributed by atoms with Crippen molar-refractivity contribution in [1.29, 1.82) is 0 Å². The fourth-order valence-electron chi connectivity index (χ4n) is 1.14. The van der Waals surface area contributed by atoms with Gasteiger partial charge in [0.1, 0.15) is 0 Å². The van der Waals surface area contributed by atoms with E-state index in [1.807, 2.05) is 5.48 Å². The maximum absolute atomic E-state index is 11.8. The molecule has 0 aliphatic heterocycles. The highest BCUT2D eigenvalue weighted by Crippen LogP contribution is 2.23. The fraction of sp³-hybridized carbons (Fsp3) is 0.333. The van der Waals surface area contributed by atoms with E-state index in [1.165, 1.54) is 18.2 Å². The molecule has 0 bridgehead atoms. The SMILES string of the molecule is O=[N+]([O-])c1ccc(Br)cc1CNOCC(F)(F)F. The molecule has 0 spiro atoms. The van der Waals surface area contributed by atoms with Gasteiger partial charge in [-0.1, -0.05) is 15.9 Å². The second-order valence-electron chi connectivity index (χ2n) is 3.26. The second kappa shape index (κ2) is 6.12. The molecule has 0 aromatic heterocycles. The zero-order chi connectivity index (χ0) is 13.8. The van der Waals surface area contributed by atoms with E-state index in [2.05, 4.69) is 20.8 Å². The molecule has 1 aromatic rings. The fourth-order valence-corrected chi connectivity index (χ4v) is 1.54. The van der Waals surface area contributed by atoms with Crippen molar-refractivity contribution in [2.45, 2.75) is 12.7 Å². The summed E-state index contributed by atoms with van der Waals surface area (Å²) in [5.74, 6) is 0. The Bertz CT molecular complexity index is 440. The van der Waals surface area contributed by atoms with Crippen LogP contribution in [0.25, 0.3) is 0 Å². The average Bonchev–Trinajstić information content (AvgIpc) is 2.22. The van der Waals surface area contributed by atoms with Gasteiger partial charge in [-0.05, 0) is 12.1 Å². The van der Waals surface area contributed by atoms with Crippen LogP contribution in [0.1, 0.15) is 5.56 Å². The first-order chi connectivity index (χ1) is 8.29. The van der Waals surface area contributed by atoms with E-state index in [9.17, 15) is 23.3 Å². The molecule has 0 aliphatic carbocycles. The zero-order valence-electron chi connectivity index (χ0n) is 8.83. The molecule has 1 N–H and O–H groups in total. The van der Waals surface area contributed by atoms with Crippen LogP contribution in [0.5, 0.6) is 0 Å². The maximum Gasteiger partial charge on any atom is 0.413 e. The lowest BCUT2D eigenvalue weighted by atomic mass is 10.2. The van der Waals surface area contributed by atoms with Crippen LogP contribution in [0.4, 0.5) is 18.9 Å². The number of halogens is 4. The van der Waals surface area contributed by atoms with Gasteiger partial charge in [0, 0.05) is 16.1 Å². The number of nitrogens with zero attached hydrogens (tertiary/aromatic N) is 1. The lowest BCUT2D eigenvalue weighted by Crippen LogP contribution is -2.24. The van der Waals surface area contributed by atoms with E-state index >= 15 is 0 Å². The Hall–Kier alpha value is -1.19. The third-order valence-corrected chi connectivity index (χ3v) is 2.33. The molecule has 1 aromatic carbocycles. The summed E-state index contributed by atoms with van der Waals surface area (Å²) in [6, 6.07) is 4.16. The van der Waals surface area contributed by atoms with Crippen LogP contribution >= 0.6 is 15.9 Å². The molecule has 0 unspecified atom stereocenters. The first-order valence-electron chi connectivity index (χ1n) is 4.64. The Labute approximate surface area is 108 Å². The third-order valence-electron chi connectivity index (χ3n) is 1.84.